The molecule has 0 aliphatic carbocycles. The standard InChI is InChI=1S/C40H78/c1-5-6-7-8-9-10-11-12-13-14-15-16-17-18-19-20-21-22-23-24-25-26-27-28-29-30-31-32-33-34-35-36-37-38-39-40(2,3)4/h5-7H,1,8-39H2,2-4H3. The van der Waals surface area contributed by atoms with Crippen LogP contribution in [0.5, 0.6) is 0 Å². The van der Waals surface area contributed by atoms with E-state index in [2.05, 4.69) is 39.5 Å². The van der Waals surface area contributed by atoms with Crippen molar-refractivity contribution in [1.29, 1.82) is 0 Å². The summed E-state index contributed by atoms with van der Waals surface area (Å²) < 4.78 is 0. The molecule has 0 radical (unpaired) electrons. The topological polar surface area (TPSA) is 0 Å². The highest BCUT2D eigenvalue weighted by atomic mass is 14.1. The zero-order valence-corrected chi connectivity index (χ0v) is 28.6. The average molecular weight is 559 g/mol. The van der Waals surface area contributed by atoms with Gasteiger partial charge < -0.3 is 0 Å². The zero-order valence-electron chi connectivity index (χ0n) is 28.6. The highest BCUT2D eigenvalue weighted by molar-refractivity contribution is 4.96. The van der Waals surface area contributed by atoms with E-state index in [-0.39, 0.29) is 0 Å². The van der Waals surface area contributed by atoms with Crippen molar-refractivity contribution >= 4 is 0 Å². The van der Waals surface area contributed by atoms with E-state index in [4.69, 9.17) is 0 Å². The lowest BCUT2D eigenvalue weighted by atomic mass is 9.89. The fourth-order valence-corrected chi connectivity index (χ4v) is 6.06. The number of hydrogen-bond acceptors (Lipinski definition) is 0. The van der Waals surface area contributed by atoms with Crippen LogP contribution in [0.15, 0.2) is 24.8 Å². The van der Waals surface area contributed by atoms with E-state index >= 15 is 0 Å². The molecular weight excluding hydrogens is 480 g/mol. The van der Waals surface area contributed by atoms with E-state index in [0.29, 0.717) is 5.41 Å². The van der Waals surface area contributed by atoms with Crippen molar-refractivity contribution in [3.63, 3.8) is 0 Å². The van der Waals surface area contributed by atoms with Gasteiger partial charge in [0.1, 0.15) is 0 Å². The minimum absolute atomic E-state index is 0.531. The van der Waals surface area contributed by atoms with Crippen molar-refractivity contribution in [2.75, 3.05) is 0 Å². The summed E-state index contributed by atoms with van der Waals surface area (Å²) in [5.41, 5.74) is 0.531. The molecule has 0 aromatic heterocycles. The second-order valence-corrected chi connectivity index (χ2v) is 14.4. The fourth-order valence-electron chi connectivity index (χ4n) is 6.06. The summed E-state index contributed by atoms with van der Waals surface area (Å²) in [5.74, 6) is 0. The van der Waals surface area contributed by atoms with Crippen molar-refractivity contribution in [3.8, 4) is 0 Å². The predicted molar refractivity (Wildman–Crippen MR) is 187 cm³/mol. The lowest BCUT2D eigenvalue weighted by Gasteiger charge is -2.17. The van der Waals surface area contributed by atoms with Gasteiger partial charge in [-0.25, -0.2) is 0 Å². The van der Waals surface area contributed by atoms with Crippen molar-refractivity contribution in [1.82, 2.24) is 0 Å². The minimum Gasteiger partial charge on any atom is -0.0991 e. The van der Waals surface area contributed by atoms with Crippen LogP contribution in [0, 0.1) is 5.41 Å². The highest BCUT2D eigenvalue weighted by Crippen LogP contribution is 2.23. The van der Waals surface area contributed by atoms with Gasteiger partial charge in [-0.2, -0.15) is 0 Å². The first-order chi connectivity index (χ1) is 19.6. The second kappa shape index (κ2) is 33.0. The summed E-state index contributed by atoms with van der Waals surface area (Å²) in [4.78, 5) is 0. The molecule has 0 bridgehead atoms. The summed E-state index contributed by atoms with van der Waals surface area (Å²) in [7, 11) is 0. The van der Waals surface area contributed by atoms with Crippen molar-refractivity contribution < 1.29 is 0 Å². The van der Waals surface area contributed by atoms with Gasteiger partial charge in [0, 0.05) is 0 Å². The molecule has 0 nitrogen and oxygen atoms in total. The molecule has 0 aromatic rings. The van der Waals surface area contributed by atoms with Crippen LogP contribution >= 0.6 is 0 Å². The molecule has 0 spiro atoms. The first-order valence-corrected chi connectivity index (χ1v) is 18.8. The molecule has 0 aliphatic heterocycles. The first kappa shape index (κ1) is 39.5. The van der Waals surface area contributed by atoms with Gasteiger partial charge in [0.2, 0.25) is 0 Å². The van der Waals surface area contributed by atoms with E-state index in [9.17, 15) is 0 Å². The van der Waals surface area contributed by atoms with Crippen LogP contribution in [0.3, 0.4) is 0 Å². The lowest BCUT2D eigenvalue weighted by Crippen LogP contribution is -2.03. The first-order valence-electron chi connectivity index (χ1n) is 18.8. The Morgan fingerprint density at radius 1 is 0.350 bits per heavy atom. The molecule has 0 atom stereocenters. The monoisotopic (exact) mass is 559 g/mol. The molecular formula is C40H78. The smallest absolute Gasteiger partial charge is 0.0348 e. The van der Waals surface area contributed by atoms with Crippen LogP contribution in [-0.4, -0.2) is 0 Å². The second-order valence-electron chi connectivity index (χ2n) is 14.4. The van der Waals surface area contributed by atoms with Gasteiger partial charge >= 0.3 is 0 Å². The largest absolute Gasteiger partial charge is 0.0991 e. The van der Waals surface area contributed by atoms with Crippen molar-refractivity contribution in [3.05, 3.63) is 24.8 Å². The Bertz CT molecular complexity index is 493. The summed E-state index contributed by atoms with van der Waals surface area (Å²) in [6.45, 7) is 10.8. The van der Waals surface area contributed by atoms with Gasteiger partial charge in [0.25, 0.3) is 0 Å². The van der Waals surface area contributed by atoms with Gasteiger partial charge in [-0.3, -0.25) is 0 Å². The molecule has 0 rings (SSSR count). The molecule has 0 N–H and O–H groups in total. The maximum atomic E-state index is 3.72. The summed E-state index contributed by atoms with van der Waals surface area (Å²) in [6.07, 6.45) is 52.9. The molecule has 0 aliphatic rings. The number of unbranched alkanes of at least 4 members (excludes halogenated alkanes) is 30. The molecule has 0 unspecified atom stereocenters. The van der Waals surface area contributed by atoms with Gasteiger partial charge in [-0.1, -0.05) is 232 Å². The number of allylic oxidation sites excluding steroid dienone is 3. The normalized spacial score (nSPS) is 12.1. The van der Waals surface area contributed by atoms with Gasteiger partial charge in [-0.15, -0.1) is 0 Å². The van der Waals surface area contributed by atoms with Crippen LogP contribution in [-0.2, 0) is 0 Å². The SMILES string of the molecule is C=CC=CCCCCCCCCCCCCCCCCCCCCCCCCCCCCCCCCC(C)(C)C. The van der Waals surface area contributed by atoms with Crippen LogP contribution in [0.1, 0.15) is 226 Å². The Labute approximate surface area is 256 Å². The van der Waals surface area contributed by atoms with E-state index in [1.165, 1.54) is 205 Å². The molecule has 0 aromatic carbocycles. The fraction of sp³-hybridized carbons (Fsp3) is 0.900. The highest BCUT2D eigenvalue weighted by Gasteiger charge is 2.08. The van der Waals surface area contributed by atoms with Gasteiger partial charge in [0.15, 0.2) is 0 Å². The Balaban J connectivity index is 3.06. The molecule has 0 heteroatoms. The third kappa shape index (κ3) is 37.5. The minimum atomic E-state index is 0.531. The van der Waals surface area contributed by atoms with Crippen LogP contribution < -0.4 is 0 Å². The Morgan fingerprint density at radius 2 is 0.575 bits per heavy atom. The Morgan fingerprint density at radius 3 is 0.800 bits per heavy atom. The van der Waals surface area contributed by atoms with E-state index in [1.807, 2.05) is 6.08 Å². The maximum absolute atomic E-state index is 3.72. The van der Waals surface area contributed by atoms with Crippen molar-refractivity contribution in [2.45, 2.75) is 226 Å². The van der Waals surface area contributed by atoms with Gasteiger partial charge in [-0.05, 0) is 24.7 Å². The average Bonchev–Trinajstić information content (AvgIpc) is 2.92. The molecule has 40 heavy (non-hydrogen) atoms. The lowest BCUT2D eigenvalue weighted by molar-refractivity contribution is 0.356. The Kier molecular flexibility index (Phi) is 32.6. The molecule has 0 fully saturated rings. The van der Waals surface area contributed by atoms with Crippen molar-refractivity contribution in [2.24, 2.45) is 5.41 Å². The summed E-state index contributed by atoms with van der Waals surface area (Å²) >= 11 is 0. The number of hydrogen-bond donors (Lipinski definition) is 0. The Hall–Kier alpha value is -0.520. The number of rotatable bonds is 33. The third-order valence-electron chi connectivity index (χ3n) is 8.82. The molecule has 0 amide bonds. The summed E-state index contributed by atoms with van der Waals surface area (Å²) in [6, 6.07) is 0. The zero-order chi connectivity index (χ0) is 29.2. The van der Waals surface area contributed by atoms with Gasteiger partial charge in [0.05, 0.1) is 0 Å². The maximum Gasteiger partial charge on any atom is -0.0348 e. The van der Waals surface area contributed by atoms with E-state index in [0.717, 1.165) is 0 Å². The molecule has 238 valence electrons. The van der Waals surface area contributed by atoms with E-state index < -0.39 is 0 Å². The summed E-state index contributed by atoms with van der Waals surface area (Å²) in [5, 5.41) is 0. The quantitative estimate of drug-likeness (QED) is 0.0555. The molecule has 0 saturated heterocycles. The van der Waals surface area contributed by atoms with Crippen LogP contribution in [0.2, 0.25) is 0 Å². The predicted octanol–water partition coefficient (Wildman–Crippen LogP) is 15.3. The molecule has 0 heterocycles. The van der Waals surface area contributed by atoms with E-state index in [1.54, 1.807) is 0 Å². The molecule has 0 saturated carbocycles. The van der Waals surface area contributed by atoms with Crippen LogP contribution in [0.25, 0.3) is 0 Å². The van der Waals surface area contributed by atoms with Crippen LogP contribution in [0.4, 0.5) is 0 Å². The third-order valence-corrected chi connectivity index (χ3v) is 8.82.